The SMILES string of the molecule is COc1cc2c(C=O)cc3ccc(CO)cc3c2cc1CO. The van der Waals surface area contributed by atoms with Crippen molar-refractivity contribution in [2.45, 2.75) is 13.2 Å². The molecule has 22 heavy (non-hydrogen) atoms. The number of aliphatic hydroxyl groups excluding tert-OH is 2. The average Bonchev–Trinajstić information content (AvgIpc) is 2.59. The van der Waals surface area contributed by atoms with Crippen LogP contribution in [0, 0.1) is 0 Å². The smallest absolute Gasteiger partial charge is 0.150 e. The minimum absolute atomic E-state index is 0.0458. The maximum absolute atomic E-state index is 11.4. The molecule has 0 spiro atoms. The van der Waals surface area contributed by atoms with Gasteiger partial charge >= 0.3 is 0 Å². The Balaban J connectivity index is 2.48. The number of aliphatic hydroxyl groups is 2. The Labute approximate surface area is 127 Å². The third kappa shape index (κ3) is 2.22. The zero-order chi connectivity index (χ0) is 15.7. The second-order valence-electron chi connectivity index (χ2n) is 5.16. The highest BCUT2D eigenvalue weighted by atomic mass is 16.5. The van der Waals surface area contributed by atoms with Gasteiger partial charge in [0, 0.05) is 11.1 Å². The van der Waals surface area contributed by atoms with E-state index >= 15 is 0 Å². The number of fused-ring (bicyclic) bond motifs is 3. The van der Waals surface area contributed by atoms with E-state index < -0.39 is 0 Å². The van der Waals surface area contributed by atoms with Gasteiger partial charge in [0.1, 0.15) is 5.75 Å². The highest BCUT2D eigenvalue weighted by molar-refractivity contribution is 6.14. The summed E-state index contributed by atoms with van der Waals surface area (Å²) in [7, 11) is 1.53. The maximum Gasteiger partial charge on any atom is 0.150 e. The third-order valence-corrected chi connectivity index (χ3v) is 3.93. The summed E-state index contributed by atoms with van der Waals surface area (Å²) in [4.78, 5) is 11.4. The first-order valence-corrected chi connectivity index (χ1v) is 6.95. The summed E-state index contributed by atoms with van der Waals surface area (Å²) in [6.07, 6.45) is 0.819. The fraction of sp³-hybridized carbons (Fsp3) is 0.167. The summed E-state index contributed by atoms with van der Waals surface area (Å²) in [6.45, 7) is -0.193. The summed E-state index contributed by atoms with van der Waals surface area (Å²) in [6, 6.07) is 11.1. The van der Waals surface area contributed by atoms with Gasteiger partial charge in [-0.2, -0.15) is 0 Å². The van der Waals surface area contributed by atoms with Crippen molar-refractivity contribution in [3.63, 3.8) is 0 Å². The van der Waals surface area contributed by atoms with E-state index in [0.29, 0.717) is 16.9 Å². The first-order chi connectivity index (χ1) is 10.7. The quantitative estimate of drug-likeness (QED) is 0.574. The van der Waals surface area contributed by atoms with Gasteiger partial charge in [-0.15, -0.1) is 0 Å². The molecule has 0 unspecified atom stereocenters. The molecule has 0 aromatic heterocycles. The lowest BCUT2D eigenvalue weighted by Gasteiger charge is -2.13. The normalized spacial score (nSPS) is 11.0. The van der Waals surface area contributed by atoms with E-state index in [4.69, 9.17) is 4.74 Å². The summed E-state index contributed by atoms with van der Waals surface area (Å²) in [5.74, 6) is 0.552. The van der Waals surface area contributed by atoms with Crippen LogP contribution in [0.5, 0.6) is 5.75 Å². The van der Waals surface area contributed by atoms with Crippen LogP contribution < -0.4 is 4.74 Å². The van der Waals surface area contributed by atoms with Crippen LogP contribution in [0.15, 0.2) is 36.4 Å². The van der Waals surface area contributed by atoms with Gasteiger partial charge in [0.25, 0.3) is 0 Å². The van der Waals surface area contributed by atoms with E-state index in [0.717, 1.165) is 33.4 Å². The molecule has 0 heterocycles. The van der Waals surface area contributed by atoms with Crippen molar-refractivity contribution in [2.24, 2.45) is 0 Å². The summed E-state index contributed by atoms with van der Waals surface area (Å²) in [5, 5.41) is 22.3. The zero-order valence-electron chi connectivity index (χ0n) is 12.2. The number of carbonyl (C=O) groups excluding carboxylic acids is 1. The molecule has 0 amide bonds. The fourth-order valence-electron chi connectivity index (χ4n) is 2.80. The zero-order valence-corrected chi connectivity index (χ0v) is 12.2. The first-order valence-electron chi connectivity index (χ1n) is 6.95. The highest BCUT2D eigenvalue weighted by Gasteiger charge is 2.12. The second-order valence-corrected chi connectivity index (χ2v) is 5.16. The van der Waals surface area contributed by atoms with E-state index in [2.05, 4.69) is 0 Å². The van der Waals surface area contributed by atoms with E-state index in [9.17, 15) is 15.0 Å². The van der Waals surface area contributed by atoms with Gasteiger partial charge in [-0.05, 0) is 51.4 Å². The standard InChI is InChI=1S/C18H16O4/c1-22-18-7-16-13(9-20)5-12-3-2-11(8-19)4-15(12)17(16)6-14(18)10-21/h2-7,9,19,21H,8,10H2,1H3. The Bertz CT molecular complexity index is 868. The monoisotopic (exact) mass is 296 g/mol. The van der Waals surface area contributed by atoms with E-state index in [1.807, 2.05) is 30.3 Å². The average molecular weight is 296 g/mol. The molecule has 0 aliphatic carbocycles. The van der Waals surface area contributed by atoms with Crippen LogP contribution >= 0.6 is 0 Å². The predicted octanol–water partition coefficient (Wildman–Crippen LogP) is 2.80. The summed E-state index contributed by atoms with van der Waals surface area (Å²) >= 11 is 0. The number of benzene rings is 3. The van der Waals surface area contributed by atoms with Crippen LogP contribution in [-0.2, 0) is 13.2 Å². The van der Waals surface area contributed by atoms with Crippen molar-refractivity contribution in [2.75, 3.05) is 7.11 Å². The number of aldehydes is 1. The Kier molecular flexibility index (Phi) is 3.79. The molecule has 0 saturated carbocycles. The Morgan fingerprint density at radius 2 is 1.82 bits per heavy atom. The lowest BCUT2D eigenvalue weighted by molar-refractivity contribution is 0.112. The highest BCUT2D eigenvalue weighted by Crippen LogP contribution is 2.34. The molecule has 0 saturated heterocycles. The van der Waals surface area contributed by atoms with Crippen molar-refractivity contribution in [1.29, 1.82) is 0 Å². The number of rotatable bonds is 4. The van der Waals surface area contributed by atoms with E-state index in [1.165, 1.54) is 7.11 Å². The molecule has 3 aromatic carbocycles. The number of ether oxygens (including phenoxy) is 1. The molecule has 3 aromatic rings. The van der Waals surface area contributed by atoms with Crippen molar-refractivity contribution < 1.29 is 19.7 Å². The number of hydrogen-bond donors (Lipinski definition) is 2. The van der Waals surface area contributed by atoms with Crippen molar-refractivity contribution in [1.82, 2.24) is 0 Å². The Morgan fingerprint density at radius 3 is 2.45 bits per heavy atom. The molecule has 2 N–H and O–H groups in total. The van der Waals surface area contributed by atoms with Gasteiger partial charge in [-0.3, -0.25) is 4.79 Å². The van der Waals surface area contributed by atoms with Gasteiger partial charge in [0.2, 0.25) is 0 Å². The van der Waals surface area contributed by atoms with Crippen molar-refractivity contribution in [3.8, 4) is 5.75 Å². The summed E-state index contributed by atoms with van der Waals surface area (Å²) in [5.41, 5.74) is 2.03. The molecule has 0 atom stereocenters. The van der Waals surface area contributed by atoms with Gasteiger partial charge in [0.05, 0.1) is 20.3 Å². The lowest BCUT2D eigenvalue weighted by Crippen LogP contribution is -1.95. The molecule has 0 bridgehead atoms. The number of methoxy groups -OCH3 is 1. The van der Waals surface area contributed by atoms with Crippen molar-refractivity contribution in [3.05, 3.63) is 53.1 Å². The minimum Gasteiger partial charge on any atom is -0.496 e. The lowest BCUT2D eigenvalue weighted by atomic mass is 9.94. The fourth-order valence-corrected chi connectivity index (χ4v) is 2.80. The minimum atomic E-state index is -0.147. The Hall–Kier alpha value is -2.43. The van der Waals surface area contributed by atoms with Gasteiger partial charge in [-0.25, -0.2) is 0 Å². The number of hydrogen-bond acceptors (Lipinski definition) is 4. The van der Waals surface area contributed by atoms with E-state index in [-0.39, 0.29) is 13.2 Å². The largest absolute Gasteiger partial charge is 0.496 e. The molecule has 4 heteroatoms. The molecule has 0 radical (unpaired) electrons. The van der Waals surface area contributed by atoms with Gasteiger partial charge in [-0.1, -0.05) is 12.1 Å². The van der Waals surface area contributed by atoms with Crippen LogP contribution in [0.25, 0.3) is 21.5 Å². The second kappa shape index (κ2) is 5.75. The molecule has 0 aliphatic rings. The molecule has 4 nitrogen and oxygen atoms in total. The molecule has 0 fully saturated rings. The maximum atomic E-state index is 11.4. The van der Waals surface area contributed by atoms with Crippen LogP contribution in [-0.4, -0.2) is 23.6 Å². The molecule has 112 valence electrons. The predicted molar refractivity (Wildman–Crippen MR) is 85.2 cm³/mol. The third-order valence-electron chi connectivity index (χ3n) is 3.93. The molecule has 0 aliphatic heterocycles. The topological polar surface area (TPSA) is 66.8 Å². The van der Waals surface area contributed by atoms with Crippen molar-refractivity contribution >= 4 is 27.8 Å². The first kappa shape index (κ1) is 14.5. The summed E-state index contributed by atoms with van der Waals surface area (Å²) < 4.78 is 5.28. The van der Waals surface area contributed by atoms with Crippen LogP contribution in [0.4, 0.5) is 0 Å². The van der Waals surface area contributed by atoms with Crippen LogP contribution in [0.2, 0.25) is 0 Å². The van der Waals surface area contributed by atoms with Crippen LogP contribution in [0.3, 0.4) is 0 Å². The van der Waals surface area contributed by atoms with E-state index in [1.54, 1.807) is 6.07 Å². The Morgan fingerprint density at radius 1 is 1.00 bits per heavy atom. The number of carbonyl (C=O) groups is 1. The molecule has 3 rings (SSSR count). The van der Waals surface area contributed by atoms with Gasteiger partial charge in [0.15, 0.2) is 6.29 Å². The van der Waals surface area contributed by atoms with Gasteiger partial charge < -0.3 is 14.9 Å². The van der Waals surface area contributed by atoms with Crippen LogP contribution in [0.1, 0.15) is 21.5 Å². The molecular weight excluding hydrogens is 280 g/mol. The molecular formula is C18H16O4.